The van der Waals surface area contributed by atoms with Gasteiger partial charge in [-0.1, -0.05) is 18.2 Å². The predicted octanol–water partition coefficient (Wildman–Crippen LogP) is 3.16. The summed E-state index contributed by atoms with van der Waals surface area (Å²) in [6, 6.07) is 5.84. The Labute approximate surface area is 227 Å². The van der Waals surface area contributed by atoms with Gasteiger partial charge in [-0.15, -0.1) is 0 Å². The zero-order valence-corrected chi connectivity index (χ0v) is 23.2. The number of carbonyl (C=O) groups is 4. The number of nitrogens with zero attached hydrogens (tertiary/aromatic N) is 1. The molecule has 1 aromatic heterocycles. The van der Waals surface area contributed by atoms with Gasteiger partial charge in [-0.05, 0) is 63.7 Å². The summed E-state index contributed by atoms with van der Waals surface area (Å²) in [5, 5.41) is 16.1. The molecule has 38 heavy (non-hydrogen) atoms. The maximum absolute atomic E-state index is 13.2. The third kappa shape index (κ3) is 8.14. The average molecular weight is 547 g/mol. The van der Waals surface area contributed by atoms with Crippen molar-refractivity contribution >= 4 is 46.5 Å². The van der Waals surface area contributed by atoms with E-state index in [2.05, 4.69) is 15.6 Å². The van der Waals surface area contributed by atoms with E-state index < -0.39 is 35.7 Å². The SMILES string of the molecule is CSCC[C@H](NC(=O)OC(C)(C)C)C(=O)N1CCC(C(=O)N[C@@H](Cc2c[nH]c3ccccc23)C(=O)O)CC1. The van der Waals surface area contributed by atoms with Crippen molar-refractivity contribution in [2.24, 2.45) is 5.92 Å². The van der Waals surface area contributed by atoms with Gasteiger partial charge >= 0.3 is 12.1 Å². The third-order valence-corrected chi connectivity index (χ3v) is 7.13. The molecule has 0 aliphatic carbocycles. The lowest BCUT2D eigenvalue weighted by molar-refractivity contribution is -0.143. The number of thioether (sulfide) groups is 1. The van der Waals surface area contributed by atoms with Crippen molar-refractivity contribution < 1.29 is 29.0 Å². The smallest absolute Gasteiger partial charge is 0.408 e. The van der Waals surface area contributed by atoms with Crippen LogP contribution in [0.4, 0.5) is 4.79 Å². The fraction of sp³-hybridized carbons (Fsp3) is 0.556. The van der Waals surface area contributed by atoms with E-state index in [9.17, 15) is 24.3 Å². The molecule has 11 heteroatoms. The molecule has 2 heterocycles. The van der Waals surface area contributed by atoms with E-state index in [0.717, 1.165) is 16.5 Å². The Hall–Kier alpha value is -3.21. The number of aromatic amines is 1. The number of nitrogens with one attached hydrogen (secondary N) is 3. The molecule has 0 spiro atoms. The Balaban J connectivity index is 1.56. The Morgan fingerprint density at radius 3 is 2.45 bits per heavy atom. The first-order valence-electron chi connectivity index (χ1n) is 12.8. The molecule has 2 aromatic rings. The van der Waals surface area contributed by atoms with Gasteiger partial charge in [-0.3, -0.25) is 9.59 Å². The van der Waals surface area contributed by atoms with Crippen LogP contribution in [0, 0.1) is 5.92 Å². The molecule has 2 atom stereocenters. The second-order valence-electron chi connectivity index (χ2n) is 10.5. The standard InChI is InChI=1S/C27H38N4O6S/c1-27(2,3)37-26(36)30-21(11-14-38-4)24(33)31-12-9-17(10-13-31)23(32)29-22(25(34)35)15-18-16-28-20-8-6-5-7-19(18)20/h5-8,16-17,21-22,28H,9-15H2,1-4H3,(H,29,32)(H,30,36)(H,34,35)/t21-,22-/m0/s1. The summed E-state index contributed by atoms with van der Waals surface area (Å²) < 4.78 is 5.32. The highest BCUT2D eigenvalue weighted by Crippen LogP contribution is 2.22. The summed E-state index contributed by atoms with van der Waals surface area (Å²) in [4.78, 5) is 55.2. The van der Waals surface area contributed by atoms with E-state index in [1.165, 1.54) is 0 Å². The molecule has 1 saturated heterocycles. The molecule has 0 unspecified atom stereocenters. The van der Waals surface area contributed by atoms with Crippen LogP contribution in [0.2, 0.25) is 0 Å². The second kappa shape index (κ2) is 13.0. The minimum atomic E-state index is -1.10. The number of piperidine rings is 1. The van der Waals surface area contributed by atoms with Gasteiger partial charge in [0.25, 0.3) is 0 Å². The fourth-order valence-corrected chi connectivity index (χ4v) is 5.01. The molecule has 208 valence electrons. The largest absolute Gasteiger partial charge is 0.480 e. The highest BCUT2D eigenvalue weighted by Gasteiger charge is 2.33. The van der Waals surface area contributed by atoms with Crippen LogP contribution in [-0.2, 0) is 25.5 Å². The molecule has 1 fully saturated rings. The first-order valence-corrected chi connectivity index (χ1v) is 14.2. The lowest BCUT2D eigenvalue weighted by Gasteiger charge is -2.34. The van der Waals surface area contributed by atoms with Crippen LogP contribution in [0.25, 0.3) is 10.9 Å². The highest BCUT2D eigenvalue weighted by molar-refractivity contribution is 7.98. The number of carbonyl (C=O) groups excluding carboxylic acids is 3. The van der Waals surface area contributed by atoms with Gasteiger partial charge in [-0.25, -0.2) is 9.59 Å². The number of rotatable bonds is 10. The van der Waals surface area contributed by atoms with E-state index >= 15 is 0 Å². The highest BCUT2D eigenvalue weighted by atomic mass is 32.2. The monoisotopic (exact) mass is 546 g/mol. The molecule has 1 aromatic carbocycles. The van der Waals surface area contributed by atoms with Gasteiger partial charge in [0.2, 0.25) is 11.8 Å². The van der Waals surface area contributed by atoms with Crippen LogP contribution < -0.4 is 10.6 Å². The van der Waals surface area contributed by atoms with Crippen molar-refractivity contribution in [2.75, 3.05) is 25.1 Å². The number of aromatic nitrogens is 1. The number of benzene rings is 1. The topological polar surface area (TPSA) is 141 Å². The minimum Gasteiger partial charge on any atom is -0.480 e. The second-order valence-corrected chi connectivity index (χ2v) is 11.5. The zero-order chi connectivity index (χ0) is 27.9. The lowest BCUT2D eigenvalue weighted by Crippen LogP contribution is -2.53. The summed E-state index contributed by atoms with van der Waals surface area (Å²) in [6.07, 6.45) is 4.53. The quantitative estimate of drug-likeness (QED) is 0.359. The van der Waals surface area contributed by atoms with Crippen LogP contribution >= 0.6 is 11.8 Å². The van der Waals surface area contributed by atoms with Crippen LogP contribution in [0.5, 0.6) is 0 Å². The van der Waals surface area contributed by atoms with Crippen LogP contribution in [-0.4, -0.2) is 81.7 Å². The molecule has 3 amide bonds. The van der Waals surface area contributed by atoms with Gasteiger partial charge < -0.3 is 30.4 Å². The molecular formula is C27H38N4O6S. The number of amides is 3. The molecule has 0 bridgehead atoms. The molecule has 3 rings (SSSR count). The van der Waals surface area contributed by atoms with Crippen molar-refractivity contribution in [3.8, 4) is 0 Å². The van der Waals surface area contributed by atoms with Crippen molar-refractivity contribution in [1.82, 2.24) is 20.5 Å². The van der Waals surface area contributed by atoms with E-state index in [4.69, 9.17) is 4.74 Å². The number of para-hydroxylation sites is 1. The number of fused-ring (bicyclic) bond motifs is 1. The predicted molar refractivity (Wildman–Crippen MR) is 147 cm³/mol. The van der Waals surface area contributed by atoms with Crippen molar-refractivity contribution in [1.29, 1.82) is 0 Å². The molecule has 0 saturated carbocycles. The normalized spacial score (nSPS) is 16.1. The average Bonchev–Trinajstić information content (AvgIpc) is 3.27. The maximum Gasteiger partial charge on any atom is 0.408 e. The summed E-state index contributed by atoms with van der Waals surface area (Å²) in [7, 11) is 0. The molecule has 1 aliphatic rings. The molecule has 4 N–H and O–H groups in total. The Morgan fingerprint density at radius 1 is 1.13 bits per heavy atom. The van der Waals surface area contributed by atoms with Crippen molar-refractivity contribution in [3.05, 3.63) is 36.0 Å². The summed E-state index contributed by atoms with van der Waals surface area (Å²) in [6.45, 7) is 5.98. The zero-order valence-electron chi connectivity index (χ0n) is 22.4. The number of hydrogen-bond acceptors (Lipinski definition) is 6. The summed E-state index contributed by atoms with van der Waals surface area (Å²) >= 11 is 1.58. The summed E-state index contributed by atoms with van der Waals surface area (Å²) in [5.41, 5.74) is 1.06. The van der Waals surface area contributed by atoms with E-state index in [0.29, 0.717) is 38.1 Å². The third-order valence-electron chi connectivity index (χ3n) is 6.49. The van der Waals surface area contributed by atoms with Gasteiger partial charge in [0.1, 0.15) is 17.7 Å². The Morgan fingerprint density at radius 2 is 1.82 bits per heavy atom. The first kappa shape index (κ1) is 29.3. The molecular weight excluding hydrogens is 508 g/mol. The number of hydrogen-bond donors (Lipinski definition) is 4. The minimum absolute atomic E-state index is 0.163. The van der Waals surface area contributed by atoms with Crippen molar-refractivity contribution in [2.45, 2.75) is 64.1 Å². The molecule has 10 nitrogen and oxygen atoms in total. The van der Waals surface area contributed by atoms with Crippen LogP contribution in [0.3, 0.4) is 0 Å². The number of H-pyrrole nitrogens is 1. The van der Waals surface area contributed by atoms with Gasteiger partial charge in [-0.2, -0.15) is 11.8 Å². The number of alkyl carbamates (subject to hydrolysis) is 1. The first-order chi connectivity index (χ1) is 18.0. The van der Waals surface area contributed by atoms with E-state index in [1.54, 1.807) is 43.6 Å². The van der Waals surface area contributed by atoms with Gasteiger partial charge in [0, 0.05) is 42.5 Å². The number of aliphatic carboxylic acids is 1. The molecule has 0 radical (unpaired) electrons. The summed E-state index contributed by atoms with van der Waals surface area (Å²) in [5.74, 6) is -1.33. The maximum atomic E-state index is 13.2. The number of carboxylic acid groups (broad SMARTS) is 1. The number of likely N-dealkylation sites (tertiary alicyclic amines) is 1. The van der Waals surface area contributed by atoms with Crippen LogP contribution in [0.15, 0.2) is 30.5 Å². The van der Waals surface area contributed by atoms with E-state index in [-0.39, 0.29) is 18.2 Å². The fourth-order valence-electron chi connectivity index (χ4n) is 4.54. The molecule has 1 aliphatic heterocycles. The number of carboxylic acids is 1. The van der Waals surface area contributed by atoms with Gasteiger partial charge in [0.15, 0.2) is 0 Å². The van der Waals surface area contributed by atoms with Crippen molar-refractivity contribution in [3.63, 3.8) is 0 Å². The van der Waals surface area contributed by atoms with E-state index in [1.807, 2.05) is 30.5 Å². The number of ether oxygens (including phenoxy) is 1. The van der Waals surface area contributed by atoms with Gasteiger partial charge in [0.05, 0.1) is 0 Å². The van der Waals surface area contributed by atoms with Crippen LogP contribution in [0.1, 0.15) is 45.6 Å². The Bertz CT molecular complexity index is 1140. The lowest BCUT2D eigenvalue weighted by atomic mass is 9.94. The Kier molecular flexibility index (Phi) is 10.1.